The average Bonchev–Trinajstić information content (AvgIpc) is 2.39. The van der Waals surface area contributed by atoms with Crippen LogP contribution < -0.4 is 0 Å². The maximum absolute atomic E-state index is 11.9. The third kappa shape index (κ3) is 2.25. The molecule has 2 aromatic carbocycles. The van der Waals surface area contributed by atoms with Crippen LogP contribution in [-0.2, 0) is 0 Å². The number of hydrogen-bond donors (Lipinski definition) is 0. The highest BCUT2D eigenvalue weighted by Crippen LogP contribution is 2.22. The van der Waals surface area contributed by atoms with Crippen molar-refractivity contribution in [3.8, 4) is 12.1 Å². The van der Waals surface area contributed by atoms with Gasteiger partial charge in [0, 0.05) is 10.0 Å². The van der Waals surface area contributed by atoms with E-state index in [4.69, 9.17) is 10.5 Å². The summed E-state index contributed by atoms with van der Waals surface area (Å²) < 4.78 is 0.959. The van der Waals surface area contributed by atoms with Crippen molar-refractivity contribution in [2.45, 2.75) is 0 Å². The fourth-order valence-electron chi connectivity index (χ4n) is 1.68. The number of ketones is 1. The molecule has 2 rings (SSSR count). The number of hydrogen-bond acceptors (Lipinski definition) is 3. The minimum Gasteiger partial charge on any atom is -0.291 e. The van der Waals surface area contributed by atoms with E-state index in [1.165, 1.54) is 0 Å². The Balaban J connectivity index is 2.49. The lowest BCUT2D eigenvalue weighted by Crippen LogP contribution is -2.10. The Morgan fingerprint density at radius 3 is 2.33 bits per heavy atom. The molecule has 0 amide bonds. The highest BCUT2D eigenvalue weighted by molar-refractivity contribution is 9.10. The highest BCUT2D eigenvalue weighted by atomic mass is 79.9. The Bertz CT molecular complexity index is 696. The lowest BCUT2D eigenvalue weighted by atomic mass is 9.98. The third-order valence-electron chi connectivity index (χ3n) is 2.61. The standard InChI is InChI=1S/C14H7BrN2O/c15-13-4-3-9-5-11(2-1-10(9)6-13)14(18)12(7-16)8-17/h1-6,12H. The molecule has 0 radical (unpaired) electrons. The number of fused-ring (bicyclic) bond motifs is 1. The second-order valence-corrected chi connectivity index (χ2v) is 4.68. The Morgan fingerprint density at radius 1 is 1.06 bits per heavy atom. The van der Waals surface area contributed by atoms with Gasteiger partial charge < -0.3 is 0 Å². The number of rotatable bonds is 2. The van der Waals surface area contributed by atoms with Crippen LogP contribution in [0.4, 0.5) is 0 Å². The first-order valence-corrected chi connectivity index (χ1v) is 5.98. The van der Waals surface area contributed by atoms with Crippen molar-refractivity contribution in [3.63, 3.8) is 0 Å². The number of nitriles is 2. The molecule has 0 aliphatic rings. The Morgan fingerprint density at radius 2 is 1.67 bits per heavy atom. The van der Waals surface area contributed by atoms with E-state index in [1.807, 2.05) is 18.2 Å². The molecule has 0 N–H and O–H groups in total. The van der Waals surface area contributed by atoms with E-state index in [0.717, 1.165) is 15.2 Å². The van der Waals surface area contributed by atoms with E-state index in [1.54, 1.807) is 30.3 Å². The van der Waals surface area contributed by atoms with E-state index < -0.39 is 11.7 Å². The SMILES string of the molecule is N#CC(C#N)C(=O)c1ccc2cc(Br)ccc2c1. The van der Waals surface area contributed by atoms with Crippen LogP contribution in [0.1, 0.15) is 10.4 Å². The first kappa shape index (κ1) is 12.3. The van der Waals surface area contributed by atoms with Gasteiger partial charge in [-0.3, -0.25) is 4.79 Å². The van der Waals surface area contributed by atoms with Gasteiger partial charge >= 0.3 is 0 Å². The summed E-state index contributed by atoms with van der Waals surface area (Å²) in [5.74, 6) is -1.69. The second kappa shape index (κ2) is 5.00. The zero-order valence-corrected chi connectivity index (χ0v) is 10.8. The van der Waals surface area contributed by atoms with Crippen molar-refractivity contribution in [1.29, 1.82) is 10.5 Å². The summed E-state index contributed by atoms with van der Waals surface area (Å²) in [6, 6.07) is 14.2. The number of benzene rings is 2. The lowest BCUT2D eigenvalue weighted by Gasteiger charge is -2.03. The molecule has 0 spiro atoms. The van der Waals surface area contributed by atoms with Gasteiger partial charge in [-0.2, -0.15) is 10.5 Å². The topological polar surface area (TPSA) is 64.7 Å². The Hall–Kier alpha value is -2.17. The van der Waals surface area contributed by atoms with E-state index >= 15 is 0 Å². The molecule has 86 valence electrons. The molecule has 0 heterocycles. The average molecular weight is 299 g/mol. The van der Waals surface area contributed by atoms with Crippen LogP contribution in [0, 0.1) is 28.6 Å². The van der Waals surface area contributed by atoms with Crippen LogP contribution in [0.25, 0.3) is 10.8 Å². The summed E-state index contributed by atoms with van der Waals surface area (Å²) in [4.78, 5) is 11.9. The number of carbonyl (C=O) groups excluding carboxylic acids is 1. The van der Waals surface area contributed by atoms with Crippen molar-refractivity contribution < 1.29 is 4.79 Å². The van der Waals surface area contributed by atoms with Crippen molar-refractivity contribution in [1.82, 2.24) is 0 Å². The smallest absolute Gasteiger partial charge is 0.195 e. The second-order valence-electron chi connectivity index (χ2n) is 3.76. The maximum atomic E-state index is 11.9. The molecule has 4 heteroatoms. The molecule has 0 bridgehead atoms. The van der Waals surface area contributed by atoms with Gasteiger partial charge in [-0.1, -0.05) is 34.1 Å². The van der Waals surface area contributed by atoms with E-state index in [2.05, 4.69) is 15.9 Å². The van der Waals surface area contributed by atoms with Gasteiger partial charge in [-0.25, -0.2) is 0 Å². The van der Waals surface area contributed by atoms with E-state index in [9.17, 15) is 4.79 Å². The largest absolute Gasteiger partial charge is 0.291 e. The number of Topliss-reactive ketones (excluding diaryl/α,β-unsaturated/α-hetero) is 1. The molecule has 0 unspecified atom stereocenters. The fraction of sp³-hybridized carbons (Fsp3) is 0.0714. The van der Waals surface area contributed by atoms with Gasteiger partial charge in [0.1, 0.15) is 0 Å². The van der Waals surface area contributed by atoms with Crippen LogP contribution in [0.3, 0.4) is 0 Å². The normalized spacial score (nSPS) is 10.0. The van der Waals surface area contributed by atoms with E-state index in [-0.39, 0.29) is 0 Å². The van der Waals surface area contributed by atoms with Crippen LogP contribution >= 0.6 is 15.9 Å². The van der Waals surface area contributed by atoms with Crippen LogP contribution in [0.15, 0.2) is 40.9 Å². The third-order valence-corrected chi connectivity index (χ3v) is 3.10. The van der Waals surface area contributed by atoms with Crippen molar-refractivity contribution in [3.05, 3.63) is 46.4 Å². The van der Waals surface area contributed by atoms with Crippen molar-refractivity contribution >= 4 is 32.5 Å². The fourth-order valence-corrected chi connectivity index (χ4v) is 2.06. The Kier molecular flexibility index (Phi) is 3.41. The first-order valence-electron chi connectivity index (χ1n) is 5.18. The summed E-state index contributed by atoms with van der Waals surface area (Å²) in [5, 5.41) is 19.3. The molecule has 0 aliphatic heterocycles. The molecule has 0 saturated carbocycles. The minimum atomic E-state index is -1.24. The number of carbonyl (C=O) groups is 1. The molecule has 18 heavy (non-hydrogen) atoms. The first-order chi connectivity index (χ1) is 8.65. The monoisotopic (exact) mass is 298 g/mol. The van der Waals surface area contributed by atoms with Crippen LogP contribution in [0.2, 0.25) is 0 Å². The van der Waals surface area contributed by atoms with Gasteiger partial charge in [-0.15, -0.1) is 0 Å². The Labute approximate surface area is 112 Å². The molecular weight excluding hydrogens is 292 g/mol. The minimum absolute atomic E-state index is 0.387. The van der Waals surface area contributed by atoms with Crippen LogP contribution in [-0.4, -0.2) is 5.78 Å². The predicted molar refractivity (Wildman–Crippen MR) is 70.7 cm³/mol. The van der Waals surface area contributed by atoms with E-state index in [0.29, 0.717) is 5.56 Å². The van der Waals surface area contributed by atoms with Crippen molar-refractivity contribution in [2.75, 3.05) is 0 Å². The molecule has 2 aromatic rings. The maximum Gasteiger partial charge on any atom is 0.195 e. The van der Waals surface area contributed by atoms with Gasteiger partial charge in [0.2, 0.25) is 0 Å². The quantitative estimate of drug-likeness (QED) is 0.798. The molecule has 0 fully saturated rings. The molecule has 0 aliphatic carbocycles. The molecule has 0 atom stereocenters. The lowest BCUT2D eigenvalue weighted by molar-refractivity contribution is 0.0971. The number of nitrogens with zero attached hydrogens (tertiary/aromatic N) is 2. The zero-order valence-electron chi connectivity index (χ0n) is 9.22. The molecule has 0 aromatic heterocycles. The van der Waals surface area contributed by atoms with Gasteiger partial charge in [0.15, 0.2) is 11.7 Å². The zero-order chi connectivity index (χ0) is 13.1. The highest BCUT2D eigenvalue weighted by Gasteiger charge is 2.18. The summed E-state index contributed by atoms with van der Waals surface area (Å²) in [5.41, 5.74) is 0.387. The van der Waals surface area contributed by atoms with Gasteiger partial charge in [0.05, 0.1) is 12.1 Å². The van der Waals surface area contributed by atoms with Crippen molar-refractivity contribution in [2.24, 2.45) is 5.92 Å². The molecule has 3 nitrogen and oxygen atoms in total. The summed E-state index contributed by atoms with van der Waals surface area (Å²) in [6.07, 6.45) is 0. The summed E-state index contributed by atoms with van der Waals surface area (Å²) in [7, 11) is 0. The van der Waals surface area contributed by atoms with Crippen LogP contribution in [0.5, 0.6) is 0 Å². The molecule has 0 saturated heterocycles. The summed E-state index contributed by atoms with van der Waals surface area (Å²) >= 11 is 3.37. The van der Waals surface area contributed by atoms with Gasteiger partial charge in [-0.05, 0) is 29.0 Å². The van der Waals surface area contributed by atoms with Gasteiger partial charge in [0.25, 0.3) is 0 Å². The molecular formula is C14H7BrN2O. The predicted octanol–water partition coefficient (Wildman–Crippen LogP) is 3.45. The summed E-state index contributed by atoms with van der Waals surface area (Å²) in [6.45, 7) is 0. The number of halogens is 1.